The van der Waals surface area contributed by atoms with Gasteiger partial charge in [0, 0.05) is 23.3 Å². The third kappa shape index (κ3) is 2.38. The van der Waals surface area contributed by atoms with Crippen molar-refractivity contribution in [1.82, 2.24) is 4.57 Å². The van der Waals surface area contributed by atoms with Crippen molar-refractivity contribution in [3.05, 3.63) is 75.6 Å². The molecule has 0 radical (unpaired) electrons. The fourth-order valence-electron chi connectivity index (χ4n) is 4.24. The van der Waals surface area contributed by atoms with E-state index in [0.29, 0.717) is 11.1 Å². The Bertz CT molecular complexity index is 1230. The number of pyridine rings is 1. The first-order valence-electron chi connectivity index (χ1n) is 9.52. The number of aromatic nitrogens is 1. The number of benzene rings is 2. The summed E-state index contributed by atoms with van der Waals surface area (Å²) in [6, 6.07) is 15.6. The smallest absolute Gasteiger partial charge is 0.261 e. The van der Waals surface area contributed by atoms with Crippen molar-refractivity contribution in [2.24, 2.45) is 0 Å². The third-order valence-electron chi connectivity index (χ3n) is 6.03. The van der Waals surface area contributed by atoms with E-state index >= 15 is 0 Å². The Morgan fingerprint density at radius 1 is 1.21 bits per heavy atom. The zero-order valence-electron chi connectivity index (χ0n) is 15.5. The number of carbonyl (C=O) groups excluding carboxylic acids is 1. The van der Waals surface area contributed by atoms with Crippen molar-refractivity contribution in [1.29, 1.82) is 5.26 Å². The summed E-state index contributed by atoms with van der Waals surface area (Å²) in [5, 5.41) is 12.7. The molecule has 5 heteroatoms. The van der Waals surface area contributed by atoms with E-state index in [9.17, 15) is 14.9 Å². The molecule has 138 valence electrons. The highest BCUT2D eigenvalue weighted by atomic mass is 16.2. The fourth-order valence-corrected chi connectivity index (χ4v) is 4.24. The largest absolute Gasteiger partial charge is 0.343 e. The lowest BCUT2D eigenvalue weighted by atomic mass is 9.97. The van der Waals surface area contributed by atoms with E-state index in [-0.39, 0.29) is 22.4 Å². The SMILES string of the molecule is C[C@H]1Cc2cccc3c(=O)c(C(=O)Nc4ccc(C5(C#N)CC5)cc4)cn1c23. The van der Waals surface area contributed by atoms with E-state index < -0.39 is 5.91 Å². The molecule has 1 aromatic heterocycles. The summed E-state index contributed by atoms with van der Waals surface area (Å²) in [6.07, 6.45) is 4.31. The number of nitrogens with one attached hydrogen (secondary N) is 1. The molecule has 2 heterocycles. The number of para-hydroxylation sites is 1. The molecule has 0 unspecified atom stereocenters. The number of anilines is 1. The molecule has 1 aliphatic heterocycles. The van der Waals surface area contributed by atoms with Crippen LogP contribution in [0.1, 0.15) is 47.3 Å². The molecule has 5 rings (SSSR count). The molecule has 1 amide bonds. The minimum Gasteiger partial charge on any atom is -0.343 e. The van der Waals surface area contributed by atoms with Crippen LogP contribution in [0.25, 0.3) is 10.9 Å². The number of amides is 1. The van der Waals surface area contributed by atoms with Gasteiger partial charge in [0.05, 0.1) is 17.0 Å². The van der Waals surface area contributed by atoms with Gasteiger partial charge in [-0.3, -0.25) is 9.59 Å². The van der Waals surface area contributed by atoms with Crippen LogP contribution in [0, 0.1) is 11.3 Å². The van der Waals surface area contributed by atoms with Crippen LogP contribution in [0.2, 0.25) is 0 Å². The molecule has 0 spiro atoms. The van der Waals surface area contributed by atoms with E-state index in [4.69, 9.17) is 0 Å². The van der Waals surface area contributed by atoms with Gasteiger partial charge in [-0.05, 0) is 55.5 Å². The standard InChI is InChI=1S/C23H19N3O2/c1-14-11-15-3-2-4-18-20(15)26(14)12-19(21(18)27)22(28)25-17-7-5-16(6-8-17)23(13-24)9-10-23/h2-8,12,14H,9-11H2,1H3,(H,25,28)/t14-/m0/s1. The average molecular weight is 369 g/mol. The minimum atomic E-state index is -0.408. The maximum absolute atomic E-state index is 12.9. The van der Waals surface area contributed by atoms with Crippen LogP contribution < -0.4 is 10.7 Å². The summed E-state index contributed by atoms with van der Waals surface area (Å²) in [4.78, 5) is 25.8. The summed E-state index contributed by atoms with van der Waals surface area (Å²) in [5.41, 5.74) is 3.25. The molecule has 0 saturated heterocycles. The second kappa shape index (κ2) is 5.80. The van der Waals surface area contributed by atoms with Crippen molar-refractivity contribution in [2.75, 3.05) is 5.32 Å². The summed E-state index contributed by atoms with van der Waals surface area (Å²) >= 11 is 0. The molecule has 5 nitrogen and oxygen atoms in total. The quantitative estimate of drug-likeness (QED) is 0.760. The number of hydrogen-bond acceptors (Lipinski definition) is 3. The maximum Gasteiger partial charge on any atom is 0.261 e. The topological polar surface area (TPSA) is 74.9 Å². The molecule has 1 saturated carbocycles. The fraction of sp³-hybridized carbons (Fsp3) is 0.261. The second-order valence-electron chi connectivity index (χ2n) is 7.87. The summed E-state index contributed by atoms with van der Waals surface area (Å²) in [7, 11) is 0. The molecule has 1 aliphatic carbocycles. The molecule has 2 aromatic carbocycles. The molecule has 1 atom stereocenters. The second-order valence-corrected chi connectivity index (χ2v) is 7.87. The number of nitriles is 1. The third-order valence-corrected chi connectivity index (χ3v) is 6.03. The lowest BCUT2D eigenvalue weighted by Gasteiger charge is -2.13. The van der Waals surface area contributed by atoms with E-state index in [1.165, 1.54) is 0 Å². The number of nitrogens with zero attached hydrogens (tertiary/aromatic N) is 2. The number of carbonyl (C=O) groups is 1. The van der Waals surface area contributed by atoms with Crippen molar-refractivity contribution >= 4 is 22.5 Å². The molecule has 28 heavy (non-hydrogen) atoms. The Kier molecular flexibility index (Phi) is 3.47. The van der Waals surface area contributed by atoms with Crippen LogP contribution in [0.5, 0.6) is 0 Å². The highest BCUT2D eigenvalue weighted by molar-refractivity contribution is 6.06. The van der Waals surface area contributed by atoms with Crippen molar-refractivity contribution in [3.8, 4) is 6.07 Å². The Morgan fingerprint density at radius 3 is 2.64 bits per heavy atom. The molecular weight excluding hydrogens is 350 g/mol. The monoisotopic (exact) mass is 369 g/mol. The molecule has 2 aliphatic rings. The van der Waals surface area contributed by atoms with Gasteiger partial charge in [0.1, 0.15) is 5.56 Å². The summed E-state index contributed by atoms with van der Waals surface area (Å²) in [5.74, 6) is -0.408. The Labute approximate surface area is 162 Å². The van der Waals surface area contributed by atoms with E-state index in [2.05, 4.69) is 18.3 Å². The number of rotatable bonds is 3. The zero-order chi connectivity index (χ0) is 19.5. The van der Waals surface area contributed by atoms with Crippen molar-refractivity contribution in [2.45, 2.75) is 37.6 Å². The van der Waals surface area contributed by atoms with Crippen LogP contribution in [-0.4, -0.2) is 10.5 Å². The van der Waals surface area contributed by atoms with E-state index in [1.54, 1.807) is 24.4 Å². The van der Waals surface area contributed by atoms with Gasteiger partial charge in [0.25, 0.3) is 5.91 Å². The van der Waals surface area contributed by atoms with Crippen molar-refractivity contribution < 1.29 is 4.79 Å². The highest BCUT2D eigenvalue weighted by Crippen LogP contribution is 2.47. The van der Waals surface area contributed by atoms with Gasteiger partial charge < -0.3 is 9.88 Å². The van der Waals surface area contributed by atoms with Gasteiger partial charge >= 0.3 is 0 Å². The van der Waals surface area contributed by atoms with Gasteiger partial charge in [-0.2, -0.15) is 5.26 Å². The number of hydrogen-bond donors (Lipinski definition) is 1. The maximum atomic E-state index is 12.9. The molecule has 1 N–H and O–H groups in total. The Morgan fingerprint density at radius 2 is 1.96 bits per heavy atom. The molecule has 1 fully saturated rings. The predicted octanol–water partition coefficient (Wildman–Crippen LogP) is 3.93. The van der Waals surface area contributed by atoms with Gasteiger partial charge in [-0.25, -0.2) is 0 Å². The first-order chi connectivity index (χ1) is 13.5. The predicted molar refractivity (Wildman–Crippen MR) is 108 cm³/mol. The lowest BCUT2D eigenvalue weighted by molar-refractivity contribution is 0.102. The van der Waals surface area contributed by atoms with Gasteiger partial charge in [0.2, 0.25) is 5.43 Å². The Balaban J connectivity index is 1.48. The first-order valence-corrected chi connectivity index (χ1v) is 9.52. The first kappa shape index (κ1) is 16.8. The molecular formula is C23H19N3O2. The summed E-state index contributed by atoms with van der Waals surface area (Å²) < 4.78 is 2.04. The van der Waals surface area contributed by atoms with Gasteiger partial charge in [-0.1, -0.05) is 24.3 Å². The van der Waals surface area contributed by atoms with Crippen LogP contribution in [0.4, 0.5) is 5.69 Å². The minimum absolute atomic E-state index is 0.151. The molecule has 0 bridgehead atoms. The highest BCUT2D eigenvalue weighted by Gasteiger charge is 2.44. The van der Waals surface area contributed by atoms with Crippen LogP contribution in [0.15, 0.2) is 53.5 Å². The van der Waals surface area contributed by atoms with Crippen LogP contribution in [-0.2, 0) is 11.8 Å². The van der Waals surface area contributed by atoms with Gasteiger partial charge in [0.15, 0.2) is 0 Å². The van der Waals surface area contributed by atoms with Crippen LogP contribution >= 0.6 is 0 Å². The van der Waals surface area contributed by atoms with Crippen molar-refractivity contribution in [3.63, 3.8) is 0 Å². The Hall–Kier alpha value is -3.39. The normalized spacial score (nSPS) is 18.6. The summed E-state index contributed by atoms with van der Waals surface area (Å²) in [6.45, 7) is 2.09. The van der Waals surface area contributed by atoms with E-state index in [0.717, 1.165) is 35.9 Å². The zero-order valence-corrected chi connectivity index (χ0v) is 15.5. The van der Waals surface area contributed by atoms with Crippen LogP contribution in [0.3, 0.4) is 0 Å². The molecule has 3 aromatic rings. The lowest BCUT2D eigenvalue weighted by Crippen LogP contribution is -2.23. The average Bonchev–Trinajstić information content (AvgIpc) is 3.44. The van der Waals surface area contributed by atoms with E-state index in [1.807, 2.05) is 28.8 Å². The van der Waals surface area contributed by atoms with Gasteiger partial charge in [-0.15, -0.1) is 0 Å².